The lowest BCUT2D eigenvalue weighted by molar-refractivity contribution is 0.592. The number of aromatic nitrogens is 3. The molecule has 1 aliphatic heterocycles. The Bertz CT molecular complexity index is 2800. The lowest BCUT2D eigenvalue weighted by Gasteiger charge is -2.29. The smallest absolute Gasteiger partial charge is 0.160 e. The molecule has 0 N–H and O–H groups in total. The van der Waals surface area contributed by atoms with Crippen molar-refractivity contribution in [2.75, 3.05) is 0 Å². The Morgan fingerprint density at radius 2 is 1.16 bits per heavy atom. The maximum absolute atomic E-state index is 5.58. The van der Waals surface area contributed by atoms with Crippen LogP contribution in [0.15, 0.2) is 193 Å². The van der Waals surface area contributed by atoms with E-state index < -0.39 is 0 Å². The van der Waals surface area contributed by atoms with Crippen LogP contribution in [0, 0.1) is 18.3 Å². The molecule has 3 heterocycles. The van der Waals surface area contributed by atoms with Crippen LogP contribution in [0.4, 0.5) is 0 Å². The molecule has 7 aromatic rings. The summed E-state index contributed by atoms with van der Waals surface area (Å²) in [5, 5.41) is 0. The van der Waals surface area contributed by atoms with Gasteiger partial charge in [-0.05, 0) is 82.8 Å². The zero-order chi connectivity index (χ0) is 38.6. The lowest BCUT2D eigenvalue weighted by atomic mass is 9.82. The number of hydrogen-bond donors (Lipinski definition) is 0. The van der Waals surface area contributed by atoms with Crippen LogP contribution < -0.4 is 0 Å². The van der Waals surface area contributed by atoms with Gasteiger partial charge in [-0.25, -0.2) is 15.0 Å². The molecule has 270 valence electrons. The second-order valence-corrected chi connectivity index (χ2v) is 14.1. The van der Waals surface area contributed by atoms with E-state index in [-0.39, 0.29) is 12.0 Å². The van der Waals surface area contributed by atoms with E-state index in [1.54, 1.807) is 6.08 Å². The van der Waals surface area contributed by atoms with Gasteiger partial charge >= 0.3 is 0 Å². The van der Waals surface area contributed by atoms with Gasteiger partial charge in [0.15, 0.2) is 5.82 Å². The second kappa shape index (κ2) is 15.7. The van der Waals surface area contributed by atoms with Gasteiger partial charge in [-0.3, -0.25) is 4.99 Å². The van der Waals surface area contributed by atoms with Crippen molar-refractivity contribution in [3.05, 3.63) is 211 Å². The Labute approximate surface area is 334 Å². The van der Waals surface area contributed by atoms with E-state index >= 15 is 0 Å². The summed E-state index contributed by atoms with van der Waals surface area (Å²) in [6, 6.07) is 52.4. The van der Waals surface area contributed by atoms with Gasteiger partial charge < -0.3 is 0 Å². The first-order chi connectivity index (χ1) is 28.1. The molecule has 0 spiro atoms. The molecule has 5 aromatic carbocycles. The number of pyridine rings is 1. The number of fused-ring (bicyclic) bond motifs is 3. The van der Waals surface area contributed by atoms with E-state index in [1.165, 1.54) is 0 Å². The molecule has 0 saturated carbocycles. The standard InChI is InChI=1S/C53H38N4/c1-3-5-17-36(4-2)49-35-50(39-22-13-8-14-23-39)57-53(56-49)44-27-16-25-42(33-44)41-24-15-26-43(32-41)46-34-48(38-20-11-7-12-21-38)55-52-45(46)30-28-40-29-31-47(54-51(40)52)37-18-9-6-10-19-37/h1,4-35,40,51H,2H3/b17-5-,36-4+. The SMILES string of the molecule is C#C/C=C\C(=C/C)c1cc(-c2ccccc2)nc(-c2cccc(-c3cccc(-c4cc(-c5ccccc5)nc5c4C=CC4C=CC(c6ccccc6)=NC54)c3)c2)n1. The average molecular weight is 731 g/mol. The molecular weight excluding hydrogens is 693 g/mol. The molecule has 0 bridgehead atoms. The van der Waals surface area contributed by atoms with Crippen molar-refractivity contribution in [3.8, 4) is 68.5 Å². The van der Waals surface area contributed by atoms with E-state index in [0.29, 0.717) is 5.82 Å². The monoisotopic (exact) mass is 730 g/mol. The van der Waals surface area contributed by atoms with Crippen molar-refractivity contribution in [2.45, 2.75) is 13.0 Å². The molecule has 0 amide bonds. The molecule has 0 fully saturated rings. The fourth-order valence-corrected chi connectivity index (χ4v) is 7.61. The van der Waals surface area contributed by atoms with Gasteiger partial charge in [0.1, 0.15) is 6.04 Å². The summed E-state index contributed by atoms with van der Waals surface area (Å²) < 4.78 is 0. The van der Waals surface area contributed by atoms with E-state index in [9.17, 15) is 0 Å². The van der Waals surface area contributed by atoms with Gasteiger partial charge in [0.05, 0.1) is 28.5 Å². The fraction of sp³-hybridized carbons (Fsp3) is 0.0566. The van der Waals surface area contributed by atoms with Crippen molar-refractivity contribution < 1.29 is 0 Å². The number of benzene rings is 5. The van der Waals surface area contributed by atoms with E-state index in [4.69, 9.17) is 26.4 Å². The summed E-state index contributed by atoms with van der Waals surface area (Å²) in [6.45, 7) is 1.99. The van der Waals surface area contributed by atoms with Gasteiger partial charge in [-0.1, -0.05) is 158 Å². The highest BCUT2D eigenvalue weighted by Crippen LogP contribution is 2.43. The summed E-state index contributed by atoms with van der Waals surface area (Å²) in [5.41, 5.74) is 15.1. The van der Waals surface area contributed by atoms with Gasteiger partial charge in [-0.15, -0.1) is 6.42 Å². The molecule has 0 radical (unpaired) electrons. The number of dihydropyridines is 1. The Morgan fingerprint density at radius 1 is 0.579 bits per heavy atom. The number of aliphatic imine (C=N–C) groups is 1. The van der Waals surface area contributed by atoms with Crippen molar-refractivity contribution in [1.82, 2.24) is 15.0 Å². The largest absolute Gasteiger partial charge is 0.274 e. The predicted octanol–water partition coefficient (Wildman–Crippen LogP) is 12.5. The average Bonchev–Trinajstić information content (AvgIpc) is 3.29. The molecule has 4 heteroatoms. The van der Waals surface area contributed by atoms with Crippen molar-refractivity contribution >= 4 is 17.4 Å². The van der Waals surface area contributed by atoms with Crippen LogP contribution in [-0.2, 0) is 0 Å². The van der Waals surface area contributed by atoms with Gasteiger partial charge in [-0.2, -0.15) is 0 Å². The second-order valence-electron chi connectivity index (χ2n) is 14.1. The molecule has 2 atom stereocenters. The molecule has 57 heavy (non-hydrogen) atoms. The van der Waals surface area contributed by atoms with E-state index in [2.05, 4.69) is 145 Å². The minimum absolute atomic E-state index is 0.130. The molecular formula is C53H38N4. The maximum Gasteiger partial charge on any atom is 0.160 e. The highest BCUT2D eigenvalue weighted by Gasteiger charge is 2.31. The van der Waals surface area contributed by atoms with E-state index in [0.717, 1.165) is 84.1 Å². The minimum atomic E-state index is -0.130. The van der Waals surface area contributed by atoms with Crippen LogP contribution in [0.25, 0.3) is 67.8 Å². The molecule has 4 nitrogen and oxygen atoms in total. The first kappa shape index (κ1) is 35.2. The summed E-state index contributed by atoms with van der Waals surface area (Å²) in [7, 11) is 0. The Morgan fingerprint density at radius 3 is 1.82 bits per heavy atom. The van der Waals surface area contributed by atoms with Crippen molar-refractivity contribution in [2.24, 2.45) is 10.9 Å². The highest BCUT2D eigenvalue weighted by atomic mass is 14.9. The molecule has 0 saturated heterocycles. The summed E-state index contributed by atoms with van der Waals surface area (Å²) >= 11 is 0. The zero-order valence-corrected chi connectivity index (χ0v) is 31.5. The fourth-order valence-electron chi connectivity index (χ4n) is 7.61. The Hall–Kier alpha value is -7.48. The molecule has 1 aliphatic carbocycles. The summed E-state index contributed by atoms with van der Waals surface area (Å²) in [4.78, 5) is 20.8. The van der Waals surface area contributed by atoms with Crippen LogP contribution in [0.2, 0.25) is 0 Å². The van der Waals surface area contributed by atoms with E-state index in [1.807, 2.05) is 55.5 Å². The normalized spacial score (nSPS) is 15.8. The molecule has 2 unspecified atom stereocenters. The first-order valence-corrected chi connectivity index (χ1v) is 19.2. The van der Waals surface area contributed by atoms with Gasteiger partial charge in [0.2, 0.25) is 0 Å². The predicted molar refractivity (Wildman–Crippen MR) is 236 cm³/mol. The first-order valence-electron chi connectivity index (χ1n) is 19.2. The zero-order valence-electron chi connectivity index (χ0n) is 31.5. The topological polar surface area (TPSA) is 51.0 Å². The molecule has 2 aliphatic rings. The van der Waals surface area contributed by atoms with Crippen LogP contribution in [0.1, 0.15) is 35.5 Å². The summed E-state index contributed by atoms with van der Waals surface area (Å²) in [5.74, 6) is 3.38. The van der Waals surface area contributed by atoms with Crippen molar-refractivity contribution in [1.29, 1.82) is 0 Å². The van der Waals surface area contributed by atoms with Crippen LogP contribution in [0.5, 0.6) is 0 Å². The maximum atomic E-state index is 5.58. The number of nitrogens with zero attached hydrogens (tertiary/aromatic N) is 4. The van der Waals surface area contributed by atoms with Gasteiger partial charge in [0.25, 0.3) is 0 Å². The summed E-state index contributed by atoms with van der Waals surface area (Å²) in [6.07, 6.45) is 20.1. The molecule has 2 aromatic heterocycles. The van der Waals surface area contributed by atoms with Crippen molar-refractivity contribution in [3.63, 3.8) is 0 Å². The third-order valence-corrected chi connectivity index (χ3v) is 10.5. The molecule has 9 rings (SSSR count). The Kier molecular flexibility index (Phi) is 9.71. The van der Waals surface area contributed by atoms with Crippen LogP contribution in [0.3, 0.4) is 0 Å². The minimum Gasteiger partial charge on any atom is -0.274 e. The van der Waals surface area contributed by atoms with Crippen LogP contribution >= 0.6 is 0 Å². The number of hydrogen-bond acceptors (Lipinski definition) is 4. The number of terminal acetylenes is 1. The highest BCUT2D eigenvalue weighted by molar-refractivity contribution is 6.09. The quantitative estimate of drug-likeness (QED) is 0.116. The lowest BCUT2D eigenvalue weighted by Crippen LogP contribution is -2.20. The number of rotatable bonds is 8. The third-order valence-electron chi connectivity index (χ3n) is 10.5. The van der Waals surface area contributed by atoms with Gasteiger partial charge in [0, 0.05) is 28.2 Å². The third kappa shape index (κ3) is 7.23. The number of allylic oxidation sites excluding steroid dienone is 5. The van der Waals surface area contributed by atoms with Crippen LogP contribution in [-0.4, -0.2) is 20.7 Å². The Balaban J connectivity index is 1.14.